The Labute approximate surface area is 114 Å². The van der Waals surface area contributed by atoms with Crippen molar-refractivity contribution in [3.05, 3.63) is 12.0 Å². The second-order valence-corrected chi connectivity index (χ2v) is 6.91. The van der Waals surface area contributed by atoms with Gasteiger partial charge in [-0.25, -0.2) is 18.1 Å². The molecule has 2 atom stereocenters. The van der Waals surface area contributed by atoms with Gasteiger partial charge in [0.15, 0.2) is 5.03 Å². The van der Waals surface area contributed by atoms with Crippen molar-refractivity contribution in [2.24, 2.45) is 13.0 Å². The number of piperidine rings is 1. The fourth-order valence-electron chi connectivity index (χ4n) is 2.36. The molecule has 2 heterocycles. The molecule has 1 saturated heterocycles. The molecule has 0 aromatic carbocycles. The summed E-state index contributed by atoms with van der Waals surface area (Å²) in [5, 5.41) is 3.40. The van der Waals surface area contributed by atoms with E-state index in [-0.39, 0.29) is 11.1 Å². The fraction of sp³-hybridized carbons (Fsp3) is 0.750. The predicted octanol–water partition coefficient (Wildman–Crippen LogP) is 0.395. The molecule has 1 fully saturated rings. The Morgan fingerprint density at radius 3 is 2.84 bits per heavy atom. The molecule has 19 heavy (non-hydrogen) atoms. The molecule has 2 N–H and O–H groups in total. The van der Waals surface area contributed by atoms with Crippen LogP contribution in [0.3, 0.4) is 0 Å². The first-order chi connectivity index (χ1) is 8.90. The molecule has 1 aromatic heterocycles. The first-order valence-electron chi connectivity index (χ1n) is 6.63. The van der Waals surface area contributed by atoms with E-state index in [4.69, 9.17) is 0 Å². The van der Waals surface area contributed by atoms with Crippen LogP contribution < -0.4 is 10.0 Å². The van der Waals surface area contributed by atoms with Gasteiger partial charge < -0.3 is 9.88 Å². The monoisotopic (exact) mass is 286 g/mol. The number of hydrogen-bond acceptors (Lipinski definition) is 4. The normalized spacial score (nSPS) is 22.4. The number of nitrogens with zero attached hydrogens (tertiary/aromatic N) is 2. The van der Waals surface area contributed by atoms with Crippen molar-refractivity contribution in [1.29, 1.82) is 0 Å². The molecule has 7 heteroatoms. The molecule has 108 valence electrons. The minimum atomic E-state index is -3.52. The summed E-state index contributed by atoms with van der Waals surface area (Å²) in [7, 11) is -1.73. The van der Waals surface area contributed by atoms with Crippen LogP contribution >= 0.6 is 0 Å². The quantitative estimate of drug-likeness (QED) is 0.840. The SMILES string of the molecule is Cc1nc(S(=O)(=O)NC(C)C2CCCNC2)cn1C. The minimum Gasteiger partial charge on any atom is -0.337 e. The van der Waals surface area contributed by atoms with Crippen molar-refractivity contribution < 1.29 is 8.42 Å². The summed E-state index contributed by atoms with van der Waals surface area (Å²) in [5.74, 6) is 1.03. The van der Waals surface area contributed by atoms with Gasteiger partial charge in [-0.3, -0.25) is 0 Å². The number of sulfonamides is 1. The lowest BCUT2D eigenvalue weighted by Crippen LogP contribution is -2.44. The maximum absolute atomic E-state index is 12.2. The van der Waals surface area contributed by atoms with Crippen LogP contribution in [-0.2, 0) is 17.1 Å². The lowest BCUT2D eigenvalue weighted by atomic mass is 9.94. The van der Waals surface area contributed by atoms with Crippen LogP contribution in [0.2, 0.25) is 0 Å². The van der Waals surface area contributed by atoms with Crippen LogP contribution in [0.4, 0.5) is 0 Å². The number of imidazole rings is 1. The average Bonchev–Trinajstić information content (AvgIpc) is 2.71. The highest BCUT2D eigenvalue weighted by molar-refractivity contribution is 7.89. The van der Waals surface area contributed by atoms with Gasteiger partial charge in [-0.2, -0.15) is 0 Å². The third-order valence-electron chi connectivity index (χ3n) is 3.75. The van der Waals surface area contributed by atoms with Crippen LogP contribution in [0.1, 0.15) is 25.6 Å². The maximum Gasteiger partial charge on any atom is 0.259 e. The molecule has 0 spiro atoms. The first kappa shape index (κ1) is 14.5. The minimum absolute atomic E-state index is 0.0832. The molecule has 0 amide bonds. The topological polar surface area (TPSA) is 76.0 Å². The first-order valence-corrected chi connectivity index (χ1v) is 8.11. The standard InChI is InChI=1S/C12H22N4O2S/c1-9(11-5-4-6-13-7-11)15-19(17,18)12-8-16(3)10(2)14-12/h8-9,11,13,15H,4-7H2,1-3H3. The molecule has 0 aliphatic carbocycles. The van der Waals surface area contributed by atoms with Crippen LogP contribution in [0.5, 0.6) is 0 Å². The Balaban J connectivity index is 2.08. The van der Waals surface area contributed by atoms with E-state index in [2.05, 4.69) is 15.0 Å². The van der Waals surface area contributed by atoms with Gasteiger partial charge in [0.2, 0.25) is 0 Å². The third kappa shape index (κ3) is 3.34. The zero-order valence-corrected chi connectivity index (χ0v) is 12.5. The van der Waals surface area contributed by atoms with Crippen molar-refractivity contribution >= 4 is 10.0 Å². The van der Waals surface area contributed by atoms with Crippen molar-refractivity contribution in [2.75, 3.05) is 13.1 Å². The summed E-state index contributed by atoms with van der Waals surface area (Å²) >= 11 is 0. The molecule has 2 rings (SSSR count). The van der Waals surface area contributed by atoms with E-state index >= 15 is 0 Å². The smallest absolute Gasteiger partial charge is 0.259 e. The highest BCUT2D eigenvalue weighted by Crippen LogP contribution is 2.16. The van der Waals surface area contributed by atoms with E-state index in [1.54, 1.807) is 24.7 Å². The van der Waals surface area contributed by atoms with Crippen LogP contribution in [0.15, 0.2) is 11.2 Å². The van der Waals surface area contributed by atoms with Gasteiger partial charge in [0, 0.05) is 19.3 Å². The highest BCUT2D eigenvalue weighted by atomic mass is 32.2. The molecular weight excluding hydrogens is 264 g/mol. The van der Waals surface area contributed by atoms with Gasteiger partial charge in [0.05, 0.1) is 0 Å². The van der Waals surface area contributed by atoms with Crippen molar-refractivity contribution in [1.82, 2.24) is 19.6 Å². The average molecular weight is 286 g/mol. The van der Waals surface area contributed by atoms with E-state index < -0.39 is 10.0 Å². The molecule has 2 unspecified atom stereocenters. The molecular formula is C12H22N4O2S. The molecule has 0 radical (unpaired) electrons. The Morgan fingerprint density at radius 2 is 2.32 bits per heavy atom. The molecule has 0 bridgehead atoms. The van der Waals surface area contributed by atoms with E-state index in [1.165, 1.54) is 0 Å². The lowest BCUT2D eigenvalue weighted by Gasteiger charge is -2.28. The van der Waals surface area contributed by atoms with Gasteiger partial charge in [-0.05, 0) is 45.7 Å². The van der Waals surface area contributed by atoms with Crippen LogP contribution in [0.25, 0.3) is 0 Å². The Morgan fingerprint density at radius 1 is 1.58 bits per heavy atom. The number of aromatic nitrogens is 2. The fourth-order valence-corrected chi connectivity index (χ4v) is 3.71. The number of rotatable bonds is 4. The zero-order valence-electron chi connectivity index (χ0n) is 11.7. The summed E-state index contributed by atoms with van der Waals surface area (Å²) in [5.41, 5.74) is 0. The van der Waals surface area contributed by atoms with Gasteiger partial charge in [-0.1, -0.05) is 0 Å². The third-order valence-corrected chi connectivity index (χ3v) is 5.17. The number of nitrogens with one attached hydrogen (secondary N) is 2. The second kappa shape index (κ2) is 5.60. The summed E-state index contributed by atoms with van der Waals surface area (Å²) in [4.78, 5) is 4.08. The summed E-state index contributed by atoms with van der Waals surface area (Å²) in [6.07, 6.45) is 3.70. The molecule has 0 saturated carbocycles. The van der Waals surface area contributed by atoms with Crippen LogP contribution in [0, 0.1) is 12.8 Å². The Kier molecular flexibility index (Phi) is 4.27. The van der Waals surface area contributed by atoms with E-state index in [0.717, 1.165) is 25.9 Å². The van der Waals surface area contributed by atoms with E-state index in [1.807, 2.05) is 6.92 Å². The van der Waals surface area contributed by atoms with Gasteiger partial charge in [0.25, 0.3) is 10.0 Å². The van der Waals surface area contributed by atoms with Gasteiger partial charge in [0.1, 0.15) is 5.82 Å². The zero-order chi connectivity index (χ0) is 14.0. The highest BCUT2D eigenvalue weighted by Gasteiger charge is 2.26. The molecule has 1 aliphatic rings. The number of aryl methyl sites for hydroxylation is 2. The lowest BCUT2D eigenvalue weighted by molar-refractivity contribution is 0.320. The largest absolute Gasteiger partial charge is 0.337 e. The van der Waals surface area contributed by atoms with E-state index in [9.17, 15) is 8.42 Å². The predicted molar refractivity (Wildman–Crippen MR) is 73.3 cm³/mol. The Hall–Kier alpha value is -0.920. The van der Waals surface area contributed by atoms with E-state index in [0.29, 0.717) is 11.7 Å². The van der Waals surface area contributed by atoms with Crippen molar-refractivity contribution in [3.63, 3.8) is 0 Å². The van der Waals surface area contributed by atoms with Crippen LogP contribution in [-0.4, -0.2) is 37.1 Å². The Bertz CT molecular complexity index is 512. The van der Waals surface area contributed by atoms with Gasteiger partial charge in [-0.15, -0.1) is 0 Å². The van der Waals surface area contributed by atoms with Gasteiger partial charge >= 0.3 is 0 Å². The second-order valence-electron chi connectivity index (χ2n) is 5.25. The maximum atomic E-state index is 12.2. The summed E-state index contributed by atoms with van der Waals surface area (Å²) < 4.78 is 28.9. The molecule has 1 aromatic rings. The number of hydrogen-bond donors (Lipinski definition) is 2. The van der Waals surface area contributed by atoms with Crippen molar-refractivity contribution in [3.8, 4) is 0 Å². The molecule has 6 nitrogen and oxygen atoms in total. The summed E-state index contributed by atoms with van der Waals surface area (Å²) in [6.45, 7) is 5.60. The van der Waals surface area contributed by atoms with Crippen molar-refractivity contribution in [2.45, 2.75) is 37.8 Å². The molecule has 1 aliphatic heterocycles. The summed E-state index contributed by atoms with van der Waals surface area (Å²) in [6, 6.07) is -0.0832.